The normalized spacial score (nSPS) is 23.0. The summed E-state index contributed by atoms with van der Waals surface area (Å²) in [4.78, 5) is 57.9. The number of nitrogens with zero attached hydrogens (tertiary/aromatic N) is 2. The van der Waals surface area contributed by atoms with Crippen LogP contribution < -0.4 is 20.7 Å². The average Bonchev–Trinajstić information content (AvgIpc) is 3.00. The summed E-state index contributed by atoms with van der Waals surface area (Å²) in [6.07, 6.45) is 0.380. The van der Waals surface area contributed by atoms with Gasteiger partial charge in [-0.3, -0.25) is 19.2 Å². The van der Waals surface area contributed by atoms with Crippen molar-refractivity contribution in [1.82, 2.24) is 25.8 Å². The zero-order valence-corrected chi connectivity index (χ0v) is 24.8. The summed E-state index contributed by atoms with van der Waals surface area (Å²) < 4.78 is 6.10. The lowest BCUT2D eigenvalue weighted by Gasteiger charge is -2.36. The molecule has 10 nitrogen and oxygen atoms in total. The molecule has 2 aliphatic heterocycles. The predicted molar refractivity (Wildman–Crippen MR) is 160 cm³/mol. The molecule has 4 rings (SSSR count). The molecule has 3 atom stereocenters. The van der Waals surface area contributed by atoms with Crippen LogP contribution in [-0.2, 0) is 20.8 Å². The van der Waals surface area contributed by atoms with Gasteiger partial charge in [0, 0.05) is 39.0 Å². The lowest BCUT2D eigenvalue weighted by Crippen LogP contribution is -2.55. The highest BCUT2D eigenvalue weighted by atomic mass is 16.5. The van der Waals surface area contributed by atoms with Crippen LogP contribution in [0.5, 0.6) is 5.75 Å². The molecule has 226 valence electrons. The summed E-state index contributed by atoms with van der Waals surface area (Å²) in [7, 11) is 0. The number of piperazine rings is 1. The fraction of sp³-hybridized carbons (Fsp3) is 0.500. The first-order valence-corrected chi connectivity index (χ1v) is 14.9. The van der Waals surface area contributed by atoms with E-state index < -0.39 is 18.0 Å². The minimum absolute atomic E-state index is 0.0221. The van der Waals surface area contributed by atoms with E-state index >= 15 is 0 Å². The molecule has 10 heteroatoms. The number of benzene rings is 2. The largest absolute Gasteiger partial charge is 0.491 e. The van der Waals surface area contributed by atoms with Gasteiger partial charge in [-0.1, -0.05) is 63.2 Å². The van der Waals surface area contributed by atoms with Gasteiger partial charge in [-0.2, -0.15) is 0 Å². The molecule has 0 bridgehead atoms. The molecule has 2 heterocycles. The molecule has 2 aliphatic rings. The molecule has 4 amide bonds. The van der Waals surface area contributed by atoms with E-state index in [1.54, 1.807) is 29.2 Å². The van der Waals surface area contributed by atoms with Crippen molar-refractivity contribution in [2.75, 3.05) is 39.3 Å². The topological polar surface area (TPSA) is 120 Å². The van der Waals surface area contributed by atoms with E-state index in [1.807, 2.05) is 44.2 Å². The SMILES string of the molecule is CCN1CCN(C(=O)[C@@H]2CCC(=O)N[C@@H](Cc3ccccc3)C(=O)N[C@H](C(C)C)COc3ccccc3C(=O)N2)CC1. The molecule has 0 unspecified atom stereocenters. The number of rotatable bonds is 5. The third-order valence-corrected chi connectivity index (χ3v) is 8.01. The zero-order chi connectivity index (χ0) is 30.1. The zero-order valence-electron chi connectivity index (χ0n) is 24.8. The van der Waals surface area contributed by atoms with E-state index in [0.717, 1.165) is 25.2 Å². The van der Waals surface area contributed by atoms with Crippen molar-refractivity contribution in [2.45, 2.75) is 58.2 Å². The Morgan fingerprint density at radius 3 is 2.31 bits per heavy atom. The van der Waals surface area contributed by atoms with Gasteiger partial charge >= 0.3 is 0 Å². The first-order valence-electron chi connectivity index (χ1n) is 14.9. The summed E-state index contributed by atoms with van der Waals surface area (Å²) in [5, 5.41) is 8.84. The monoisotopic (exact) mass is 577 g/mol. The second-order valence-electron chi connectivity index (χ2n) is 11.3. The molecule has 42 heavy (non-hydrogen) atoms. The number of likely N-dealkylation sites (N-methyl/N-ethyl adjacent to an activating group) is 1. The Bertz CT molecular complexity index is 1230. The van der Waals surface area contributed by atoms with Crippen molar-refractivity contribution in [3.8, 4) is 5.75 Å². The Morgan fingerprint density at radius 1 is 0.929 bits per heavy atom. The minimum Gasteiger partial charge on any atom is -0.491 e. The van der Waals surface area contributed by atoms with Crippen LogP contribution in [0, 0.1) is 5.92 Å². The summed E-state index contributed by atoms with van der Waals surface area (Å²) in [5.41, 5.74) is 1.20. The number of para-hydroxylation sites is 1. The highest BCUT2D eigenvalue weighted by Gasteiger charge is 2.31. The number of fused-ring (bicyclic) bond motifs is 1. The van der Waals surface area contributed by atoms with Crippen molar-refractivity contribution in [2.24, 2.45) is 5.92 Å². The second kappa shape index (κ2) is 14.8. The molecule has 0 saturated carbocycles. The average molecular weight is 578 g/mol. The van der Waals surface area contributed by atoms with Crippen LogP contribution in [0.25, 0.3) is 0 Å². The molecule has 0 aromatic heterocycles. The minimum atomic E-state index is -0.903. The first-order chi connectivity index (χ1) is 20.2. The lowest BCUT2D eigenvalue weighted by atomic mass is 10.0. The maximum atomic E-state index is 13.6. The summed E-state index contributed by atoms with van der Waals surface area (Å²) >= 11 is 0. The molecule has 2 aromatic carbocycles. The van der Waals surface area contributed by atoms with Crippen LogP contribution in [-0.4, -0.2) is 90.9 Å². The van der Waals surface area contributed by atoms with E-state index in [4.69, 9.17) is 4.74 Å². The Balaban J connectivity index is 1.61. The van der Waals surface area contributed by atoms with Crippen LogP contribution in [0.3, 0.4) is 0 Å². The van der Waals surface area contributed by atoms with Gasteiger partial charge in [0.05, 0.1) is 11.6 Å². The lowest BCUT2D eigenvalue weighted by molar-refractivity contribution is -0.135. The Morgan fingerprint density at radius 2 is 1.62 bits per heavy atom. The molecular formula is C32H43N5O5. The van der Waals surface area contributed by atoms with Crippen molar-refractivity contribution in [1.29, 1.82) is 0 Å². The van der Waals surface area contributed by atoms with E-state index in [-0.39, 0.29) is 49.1 Å². The van der Waals surface area contributed by atoms with Crippen LogP contribution in [0.15, 0.2) is 54.6 Å². The molecule has 0 radical (unpaired) electrons. The van der Waals surface area contributed by atoms with Crippen molar-refractivity contribution >= 4 is 23.6 Å². The van der Waals surface area contributed by atoms with Crippen LogP contribution in [0.2, 0.25) is 0 Å². The number of amides is 4. The first kappa shape index (κ1) is 31.0. The van der Waals surface area contributed by atoms with Gasteiger partial charge in [0.25, 0.3) is 5.91 Å². The molecule has 0 aliphatic carbocycles. The Labute approximate surface area is 248 Å². The van der Waals surface area contributed by atoms with Gasteiger partial charge < -0.3 is 30.5 Å². The van der Waals surface area contributed by atoms with Gasteiger partial charge in [0.1, 0.15) is 24.4 Å². The second-order valence-corrected chi connectivity index (χ2v) is 11.3. The fourth-order valence-electron chi connectivity index (χ4n) is 5.24. The predicted octanol–water partition coefficient (Wildman–Crippen LogP) is 1.99. The van der Waals surface area contributed by atoms with Gasteiger partial charge in [-0.05, 0) is 36.6 Å². The maximum Gasteiger partial charge on any atom is 0.255 e. The van der Waals surface area contributed by atoms with Gasteiger partial charge in [-0.15, -0.1) is 0 Å². The van der Waals surface area contributed by atoms with E-state index in [0.29, 0.717) is 30.8 Å². The summed E-state index contributed by atoms with van der Waals surface area (Å²) in [6, 6.07) is 14.3. The third kappa shape index (κ3) is 8.31. The smallest absolute Gasteiger partial charge is 0.255 e. The maximum absolute atomic E-state index is 13.6. The highest BCUT2D eigenvalue weighted by molar-refractivity contribution is 6.00. The fourth-order valence-corrected chi connectivity index (χ4v) is 5.24. The molecule has 0 spiro atoms. The Hall–Kier alpha value is -3.92. The van der Waals surface area contributed by atoms with E-state index in [9.17, 15) is 19.2 Å². The van der Waals surface area contributed by atoms with E-state index in [1.165, 1.54) is 0 Å². The molecule has 1 fully saturated rings. The van der Waals surface area contributed by atoms with Gasteiger partial charge in [0.15, 0.2) is 0 Å². The highest BCUT2D eigenvalue weighted by Crippen LogP contribution is 2.20. The number of ether oxygens (including phenoxy) is 1. The summed E-state index contributed by atoms with van der Waals surface area (Å²) in [6.45, 7) is 9.70. The van der Waals surface area contributed by atoms with Crippen molar-refractivity contribution in [3.05, 3.63) is 65.7 Å². The number of nitrogens with one attached hydrogen (secondary N) is 3. The van der Waals surface area contributed by atoms with Gasteiger partial charge in [-0.25, -0.2) is 0 Å². The van der Waals surface area contributed by atoms with Gasteiger partial charge in [0.2, 0.25) is 17.7 Å². The molecule has 1 saturated heterocycles. The number of carbonyl (C=O) groups excluding carboxylic acids is 4. The van der Waals surface area contributed by atoms with Crippen molar-refractivity contribution in [3.63, 3.8) is 0 Å². The standard InChI is InChI=1S/C32H43N5O5/c1-4-36-16-18-37(19-17-36)32(41)25-14-15-29(38)33-26(20-23-10-6-5-7-11-23)31(40)35-27(22(2)3)21-42-28-13-9-8-12-24(28)30(39)34-25/h5-13,22,25-27H,4,14-21H2,1-3H3,(H,33,38)(H,34,39)(H,35,40)/t25-,26-,27-/m0/s1. The number of hydrogen-bond donors (Lipinski definition) is 3. The van der Waals surface area contributed by atoms with E-state index in [2.05, 4.69) is 27.8 Å². The van der Waals surface area contributed by atoms with Crippen LogP contribution in [0.4, 0.5) is 0 Å². The number of hydrogen-bond acceptors (Lipinski definition) is 6. The third-order valence-electron chi connectivity index (χ3n) is 8.01. The van der Waals surface area contributed by atoms with Crippen LogP contribution >= 0.6 is 0 Å². The molecular weight excluding hydrogens is 534 g/mol. The number of carbonyl (C=O) groups is 4. The van der Waals surface area contributed by atoms with Crippen molar-refractivity contribution < 1.29 is 23.9 Å². The Kier molecular flexibility index (Phi) is 10.9. The molecule has 3 N–H and O–H groups in total. The van der Waals surface area contributed by atoms with Crippen LogP contribution in [0.1, 0.15) is 49.5 Å². The quantitative estimate of drug-likeness (QED) is 0.500. The molecule has 2 aromatic rings. The summed E-state index contributed by atoms with van der Waals surface area (Å²) in [5.74, 6) is -0.946.